The Kier molecular flexibility index (Phi) is 4.46. The highest BCUT2D eigenvalue weighted by Crippen LogP contribution is 1.99. The molecule has 0 spiro atoms. The monoisotopic (exact) mass is 138 g/mol. The number of nitrogens with zero attached hydrogens (tertiary/aromatic N) is 2. The summed E-state index contributed by atoms with van der Waals surface area (Å²) in [4.78, 5) is 7.85. The van der Waals surface area contributed by atoms with Crippen molar-refractivity contribution in [3.63, 3.8) is 0 Å². The van der Waals surface area contributed by atoms with Gasteiger partial charge in [-0.3, -0.25) is 9.98 Å². The Morgan fingerprint density at radius 2 is 2.10 bits per heavy atom. The summed E-state index contributed by atoms with van der Waals surface area (Å²) in [7, 11) is 0. The van der Waals surface area contributed by atoms with Gasteiger partial charge in [0.1, 0.15) is 0 Å². The van der Waals surface area contributed by atoms with E-state index in [1.165, 1.54) is 0 Å². The Hall–Kier alpha value is -0.920. The fourth-order valence-electron chi connectivity index (χ4n) is 0.446. The SMILES string of the molecule is C=N/C(C)=C(C)\C=N/CC. The molecule has 0 heterocycles. The summed E-state index contributed by atoms with van der Waals surface area (Å²) in [5, 5.41) is 0. The van der Waals surface area contributed by atoms with Crippen LogP contribution in [0.5, 0.6) is 0 Å². The second-order valence-corrected chi connectivity index (χ2v) is 2.05. The first kappa shape index (κ1) is 9.08. The van der Waals surface area contributed by atoms with Gasteiger partial charge < -0.3 is 0 Å². The Labute approximate surface area is 62.4 Å². The molecule has 0 amide bonds. The highest BCUT2D eigenvalue weighted by Gasteiger charge is 1.86. The molecule has 0 aliphatic rings. The minimum Gasteiger partial charge on any atom is -0.293 e. The molecule has 0 aromatic rings. The van der Waals surface area contributed by atoms with E-state index in [1.807, 2.05) is 27.0 Å². The van der Waals surface area contributed by atoms with Crippen LogP contribution < -0.4 is 0 Å². The van der Waals surface area contributed by atoms with Gasteiger partial charge >= 0.3 is 0 Å². The van der Waals surface area contributed by atoms with E-state index in [9.17, 15) is 0 Å². The quantitative estimate of drug-likeness (QED) is 0.533. The van der Waals surface area contributed by atoms with Crippen LogP contribution in [0.15, 0.2) is 21.3 Å². The average molecular weight is 138 g/mol. The standard InChI is InChI=1S/C8H14N2/c1-5-10-6-7(2)8(3)9-4/h6H,4-5H2,1-3H3/b8-7-,10-6-. The Morgan fingerprint density at radius 1 is 1.50 bits per heavy atom. The lowest BCUT2D eigenvalue weighted by molar-refractivity contribution is 1.13. The fraction of sp³-hybridized carbons (Fsp3) is 0.500. The Bertz CT molecular complexity index is 166. The Balaban J connectivity index is 4.17. The maximum atomic E-state index is 4.07. The summed E-state index contributed by atoms with van der Waals surface area (Å²) >= 11 is 0. The summed E-state index contributed by atoms with van der Waals surface area (Å²) in [6, 6.07) is 0. The van der Waals surface area contributed by atoms with Gasteiger partial charge in [-0.1, -0.05) is 0 Å². The maximum absolute atomic E-state index is 4.07. The van der Waals surface area contributed by atoms with Crippen molar-refractivity contribution in [3.8, 4) is 0 Å². The first-order valence-corrected chi connectivity index (χ1v) is 3.36. The summed E-state index contributed by atoms with van der Waals surface area (Å²) in [5.41, 5.74) is 2.02. The zero-order valence-electron chi connectivity index (χ0n) is 6.89. The van der Waals surface area contributed by atoms with Crippen LogP contribution in [-0.4, -0.2) is 19.5 Å². The molecule has 0 aromatic carbocycles. The van der Waals surface area contributed by atoms with Gasteiger partial charge in [0.25, 0.3) is 0 Å². The van der Waals surface area contributed by atoms with Crippen molar-refractivity contribution in [3.05, 3.63) is 11.3 Å². The van der Waals surface area contributed by atoms with Crippen LogP contribution in [0.4, 0.5) is 0 Å². The molecule has 0 unspecified atom stereocenters. The Morgan fingerprint density at radius 3 is 2.50 bits per heavy atom. The van der Waals surface area contributed by atoms with Gasteiger partial charge in [0.05, 0.1) is 0 Å². The highest BCUT2D eigenvalue weighted by molar-refractivity contribution is 5.78. The van der Waals surface area contributed by atoms with E-state index in [-0.39, 0.29) is 0 Å². The molecule has 0 rings (SSSR count). The van der Waals surface area contributed by atoms with E-state index in [2.05, 4.69) is 16.7 Å². The molecule has 0 saturated heterocycles. The van der Waals surface area contributed by atoms with E-state index < -0.39 is 0 Å². The molecule has 2 heteroatoms. The molecule has 0 fully saturated rings. The summed E-state index contributed by atoms with van der Waals surface area (Å²) < 4.78 is 0. The molecule has 0 aliphatic heterocycles. The van der Waals surface area contributed by atoms with Crippen molar-refractivity contribution in [2.24, 2.45) is 9.98 Å². The van der Waals surface area contributed by atoms with Crippen molar-refractivity contribution >= 4 is 12.9 Å². The van der Waals surface area contributed by atoms with E-state index in [4.69, 9.17) is 0 Å². The highest BCUT2D eigenvalue weighted by atomic mass is 14.7. The minimum absolute atomic E-state index is 0.821. The first-order valence-electron chi connectivity index (χ1n) is 3.36. The van der Waals surface area contributed by atoms with Crippen LogP contribution in [0.2, 0.25) is 0 Å². The summed E-state index contributed by atoms with van der Waals surface area (Å²) in [6.07, 6.45) is 1.82. The smallest absolute Gasteiger partial charge is 0.0409 e. The van der Waals surface area contributed by atoms with Crippen molar-refractivity contribution in [1.29, 1.82) is 0 Å². The first-order chi connectivity index (χ1) is 4.72. The van der Waals surface area contributed by atoms with E-state index in [0.717, 1.165) is 17.8 Å². The van der Waals surface area contributed by atoms with Gasteiger partial charge in [-0.2, -0.15) is 0 Å². The number of hydrogen-bond acceptors (Lipinski definition) is 2. The third kappa shape index (κ3) is 3.17. The van der Waals surface area contributed by atoms with Gasteiger partial charge in [0, 0.05) is 18.5 Å². The third-order valence-corrected chi connectivity index (χ3v) is 1.28. The van der Waals surface area contributed by atoms with Crippen molar-refractivity contribution < 1.29 is 0 Å². The average Bonchev–Trinajstić information content (AvgIpc) is 1.98. The van der Waals surface area contributed by atoms with E-state index >= 15 is 0 Å². The molecule has 0 saturated carbocycles. The fourth-order valence-corrected chi connectivity index (χ4v) is 0.446. The van der Waals surface area contributed by atoms with Crippen LogP contribution in [0.3, 0.4) is 0 Å². The molecule has 0 N–H and O–H groups in total. The van der Waals surface area contributed by atoms with Gasteiger partial charge in [-0.15, -0.1) is 0 Å². The van der Waals surface area contributed by atoms with Crippen LogP contribution in [0.25, 0.3) is 0 Å². The largest absolute Gasteiger partial charge is 0.293 e. The zero-order chi connectivity index (χ0) is 7.98. The summed E-state index contributed by atoms with van der Waals surface area (Å²) in [6.45, 7) is 10.1. The van der Waals surface area contributed by atoms with Crippen molar-refractivity contribution in [2.75, 3.05) is 6.54 Å². The van der Waals surface area contributed by atoms with Crippen molar-refractivity contribution in [1.82, 2.24) is 0 Å². The number of hydrogen-bond donors (Lipinski definition) is 0. The van der Waals surface area contributed by atoms with Crippen LogP contribution in [0.1, 0.15) is 20.8 Å². The lowest BCUT2D eigenvalue weighted by Gasteiger charge is -1.93. The molecule has 0 atom stereocenters. The maximum Gasteiger partial charge on any atom is 0.0409 e. The molecule has 2 nitrogen and oxygen atoms in total. The molecule has 56 valence electrons. The second kappa shape index (κ2) is 4.91. The molecular weight excluding hydrogens is 124 g/mol. The number of aliphatic imine (C=N–C) groups is 2. The predicted octanol–water partition coefficient (Wildman–Crippen LogP) is 2.07. The van der Waals surface area contributed by atoms with Gasteiger partial charge in [-0.05, 0) is 33.1 Å². The van der Waals surface area contributed by atoms with Crippen LogP contribution >= 0.6 is 0 Å². The lowest BCUT2D eigenvalue weighted by Crippen LogP contribution is -1.83. The molecule has 0 aliphatic carbocycles. The molecule has 0 bridgehead atoms. The molecule has 0 aromatic heterocycles. The zero-order valence-corrected chi connectivity index (χ0v) is 6.89. The van der Waals surface area contributed by atoms with Crippen LogP contribution in [-0.2, 0) is 0 Å². The van der Waals surface area contributed by atoms with Crippen LogP contribution in [0, 0.1) is 0 Å². The number of allylic oxidation sites excluding steroid dienone is 2. The topological polar surface area (TPSA) is 24.7 Å². The lowest BCUT2D eigenvalue weighted by atomic mass is 10.3. The van der Waals surface area contributed by atoms with E-state index in [0.29, 0.717) is 0 Å². The molecular formula is C8H14N2. The van der Waals surface area contributed by atoms with E-state index in [1.54, 1.807) is 0 Å². The van der Waals surface area contributed by atoms with Gasteiger partial charge in [-0.25, -0.2) is 0 Å². The normalized spacial score (nSPS) is 13.5. The summed E-state index contributed by atoms with van der Waals surface area (Å²) in [5.74, 6) is 0. The van der Waals surface area contributed by atoms with Gasteiger partial charge in [0.15, 0.2) is 0 Å². The third-order valence-electron chi connectivity index (χ3n) is 1.28. The molecule has 10 heavy (non-hydrogen) atoms. The van der Waals surface area contributed by atoms with Crippen molar-refractivity contribution in [2.45, 2.75) is 20.8 Å². The van der Waals surface area contributed by atoms with Gasteiger partial charge in [0.2, 0.25) is 0 Å². The minimum atomic E-state index is 0.821. The molecule has 0 radical (unpaired) electrons. The number of rotatable bonds is 3. The predicted molar refractivity (Wildman–Crippen MR) is 47.0 cm³/mol. The second-order valence-electron chi connectivity index (χ2n) is 2.05.